The summed E-state index contributed by atoms with van der Waals surface area (Å²) in [6.07, 6.45) is 2.14. The third-order valence-electron chi connectivity index (χ3n) is 2.41. The minimum absolute atomic E-state index is 0.276. The van der Waals surface area contributed by atoms with Crippen molar-refractivity contribution in [3.05, 3.63) is 44.8 Å². The molecule has 2 rings (SSSR count). The maximum atomic E-state index is 5.56. The molecule has 1 unspecified atom stereocenters. The van der Waals surface area contributed by atoms with Crippen LogP contribution in [0.25, 0.3) is 0 Å². The highest BCUT2D eigenvalue weighted by Crippen LogP contribution is 2.22. The van der Waals surface area contributed by atoms with Crippen LogP contribution >= 0.6 is 22.7 Å². The van der Waals surface area contributed by atoms with Gasteiger partial charge in [0.1, 0.15) is 0 Å². The van der Waals surface area contributed by atoms with Gasteiger partial charge in [0.2, 0.25) is 0 Å². The zero-order chi connectivity index (χ0) is 10.5. The molecule has 2 heterocycles. The van der Waals surface area contributed by atoms with E-state index in [1.165, 1.54) is 10.4 Å². The van der Waals surface area contributed by atoms with Crippen LogP contribution in [0, 0.1) is 0 Å². The van der Waals surface area contributed by atoms with Crippen molar-refractivity contribution in [3.63, 3.8) is 0 Å². The maximum absolute atomic E-state index is 5.56. The molecule has 2 nitrogen and oxygen atoms in total. The molecular formula is C11H14N2S2. The fourth-order valence-corrected chi connectivity index (χ4v) is 3.00. The maximum Gasteiger partial charge on any atom is 0.0471 e. The predicted octanol–water partition coefficient (Wildman–Crippen LogP) is 2.95. The summed E-state index contributed by atoms with van der Waals surface area (Å²) in [5.74, 6) is 5.56. The van der Waals surface area contributed by atoms with Crippen molar-refractivity contribution in [3.8, 4) is 0 Å². The Hall–Kier alpha value is -0.680. The summed E-state index contributed by atoms with van der Waals surface area (Å²) in [5.41, 5.74) is 4.17. The molecule has 0 spiro atoms. The lowest BCUT2D eigenvalue weighted by atomic mass is 10.1. The molecule has 80 valence electrons. The third-order valence-corrected chi connectivity index (χ3v) is 4.04. The molecule has 0 fully saturated rings. The SMILES string of the molecule is NNC(CCc1cccs1)c1ccsc1. The average molecular weight is 238 g/mol. The van der Waals surface area contributed by atoms with Crippen molar-refractivity contribution < 1.29 is 0 Å². The molecule has 3 N–H and O–H groups in total. The Kier molecular flexibility index (Phi) is 3.91. The van der Waals surface area contributed by atoms with E-state index >= 15 is 0 Å². The molecule has 0 saturated carbocycles. The molecule has 0 aliphatic heterocycles. The molecule has 0 aromatic carbocycles. The number of nitrogens with two attached hydrogens (primary N) is 1. The molecule has 2 aromatic rings. The highest BCUT2D eigenvalue weighted by Gasteiger charge is 2.09. The molecule has 4 heteroatoms. The summed E-state index contributed by atoms with van der Waals surface area (Å²) < 4.78 is 0. The van der Waals surface area contributed by atoms with E-state index in [0.717, 1.165) is 12.8 Å². The van der Waals surface area contributed by atoms with Gasteiger partial charge >= 0.3 is 0 Å². The van der Waals surface area contributed by atoms with Gasteiger partial charge in [-0.3, -0.25) is 11.3 Å². The summed E-state index contributed by atoms with van der Waals surface area (Å²) in [6.45, 7) is 0. The Bertz CT molecular complexity index is 367. The highest BCUT2D eigenvalue weighted by atomic mass is 32.1. The number of hydrogen-bond acceptors (Lipinski definition) is 4. The van der Waals surface area contributed by atoms with E-state index in [1.807, 2.05) is 0 Å². The Labute approximate surface area is 97.7 Å². The third kappa shape index (κ3) is 2.89. The van der Waals surface area contributed by atoms with Crippen LogP contribution in [0.4, 0.5) is 0 Å². The zero-order valence-corrected chi connectivity index (χ0v) is 9.98. The number of hydrazine groups is 1. The fraction of sp³-hybridized carbons (Fsp3) is 0.273. The molecule has 0 bridgehead atoms. The highest BCUT2D eigenvalue weighted by molar-refractivity contribution is 7.09. The van der Waals surface area contributed by atoms with Gasteiger partial charge in [-0.25, -0.2) is 0 Å². The minimum atomic E-state index is 0.276. The van der Waals surface area contributed by atoms with E-state index in [-0.39, 0.29) is 6.04 Å². The minimum Gasteiger partial charge on any atom is -0.271 e. The van der Waals surface area contributed by atoms with Crippen LogP contribution in [0.1, 0.15) is 22.9 Å². The summed E-state index contributed by atoms with van der Waals surface area (Å²) in [4.78, 5) is 1.42. The Morgan fingerprint density at radius 1 is 1.33 bits per heavy atom. The normalized spacial score (nSPS) is 12.9. The first-order valence-corrected chi connectivity index (χ1v) is 6.73. The number of hydrogen-bond donors (Lipinski definition) is 2. The first-order chi connectivity index (χ1) is 7.40. The lowest BCUT2D eigenvalue weighted by Gasteiger charge is -2.13. The molecular weight excluding hydrogens is 224 g/mol. The van der Waals surface area contributed by atoms with Crippen molar-refractivity contribution >= 4 is 22.7 Å². The first-order valence-electron chi connectivity index (χ1n) is 4.91. The number of nitrogens with one attached hydrogen (secondary N) is 1. The second kappa shape index (κ2) is 5.42. The summed E-state index contributed by atoms with van der Waals surface area (Å²) in [7, 11) is 0. The molecule has 0 saturated heterocycles. The Morgan fingerprint density at radius 3 is 2.87 bits per heavy atom. The van der Waals surface area contributed by atoms with Crippen molar-refractivity contribution in [2.75, 3.05) is 0 Å². The van der Waals surface area contributed by atoms with Gasteiger partial charge in [0, 0.05) is 10.9 Å². The molecule has 2 aromatic heterocycles. The van der Waals surface area contributed by atoms with Crippen LogP contribution in [0.2, 0.25) is 0 Å². The van der Waals surface area contributed by atoms with Crippen molar-refractivity contribution in [1.82, 2.24) is 5.43 Å². The van der Waals surface area contributed by atoms with Crippen LogP contribution in [0.5, 0.6) is 0 Å². The standard InChI is InChI=1S/C11H14N2S2/c12-13-11(9-5-7-14-8-9)4-3-10-2-1-6-15-10/h1-2,5-8,11,13H,3-4,12H2. The topological polar surface area (TPSA) is 38.0 Å². The first kappa shape index (κ1) is 10.8. The molecule has 0 aliphatic rings. The van der Waals surface area contributed by atoms with Crippen LogP contribution in [-0.4, -0.2) is 0 Å². The fourth-order valence-electron chi connectivity index (χ4n) is 1.56. The Balaban J connectivity index is 1.92. The monoisotopic (exact) mass is 238 g/mol. The molecule has 0 amide bonds. The van der Waals surface area contributed by atoms with Gasteiger partial charge in [0.15, 0.2) is 0 Å². The van der Waals surface area contributed by atoms with E-state index in [9.17, 15) is 0 Å². The lowest BCUT2D eigenvalue weighted by Crippen LogP contribution is -2.28. The van der Waals surface area contributed by atoms with Gasteiger partial charge in [-0.15, -0.1) is 11.3 Å². The van der Waals surface area contributed by atoms with Gasteiger partial charge in [0.25, 0.3) is 0 Å². The molecule has 1 atom stereocenters. The summed E-state index contributed by atoms with van der Waals surface area (Å²) >= 11 is 3.52. The van der Waals surface area contributed by atoms with Crippen LogP contribution in [0.3, 0.4) is 0 Å². The van der Waals surface area contributed by atoms with Crippen molar-refractivity contribution in [2.45, 2.75) is 18.9 Å². The predicted molar refractivity (Wildman–Crippen MR) is 67.0 cm³/mol. The van der Waals surface area contributed by atoms with E-state index in [2.05, 4.69) is 39.8 Å². The van der Waals surface area contributed by atoms with Gasteiger partial charge in [-0.2, -0.15) is 11.3 Å². The van der Waals surface area contributed by atoms with E-state index in [1.54, 1.807) is 22.7 Å². The van der Waals surface area contributed by atoms with Crippen molar-refractivity contribution in [1.29, 1.82) is 0 Å². The second-order valence-electron chi connectivity index (χ2n) is 3.39. The van der Waals surface area contributed by atoms with Crippen LogP contribution < -0.4 is 11.3 Å². The number of aryl methyl sites for hydroxylation is 1. The largest absolute Gasteiger partial charge is 0.271 e. The van der Waals surface area contributed by atoms with Gasteiger partial charge in [0.05, 0.1) is 0 Å². The smallest absolute Gasteiger partial charge is 0.0471 e. The molecule has 0 aliphatic carbocycles. The molecule has 0 radical (unpaired) electrons. The van der Waals surface area contributed by atoms with Crippen LogP contribution in [0.15, 0.2) is 34.3 Å². The zero-order valence-electron chi connectivity index (χ0n) is 8.35. The van der Waals surface area contributed by atoms with Crippen LogP contribution in [-0.2, 0) is 6.42 Å². The summed E-state index contributed by atoms with van der Waals surface area (Å²) in [6, 6.07) is 6.67. The molecule has 15 heavy (non-hydrogen) atoms. The van der Waals surface area contributed by atoms with E-state index < -0.39 is 0 Å². The quantitative estimate of drug-likeness (QED) is 0.621. The average Bonchev–Trinajstić information content (AvgIpc) is 2.90. The number of rotatable bonds is 5. The Morgan fingerprint density at radius 2 is 2.27 bits per heavy atom. The second-order valence-corrected chi connectivity index (χ2v) is 5.21. The van der Waals surface area contributed by atoms with Gasteiger partial charge < -0.3 is 0 Å². The summed E-state index contributed by atoms with van der Waals surface area (Å²) in [5, 5.41) is 6.36. The van der Waals surface area contributed by atoms with Gasteiger partial charge in [-0.1, -0.05) is 6.07 Å². The van der Waals surface area contributed by atoms with Gasteiger partial charge in [-0.05, 0) is 46.7 Å². The van der Waals surface area contributed by atoms with Crippen molar-refractivity contribution in [2.24, 2.45) is 5.84 Å². The van der Waals surface area contributed by atoms with E-state index in [4.69, 9.17) is 5.84 Å². The van der Waals surface area contributed by atoms with E-state index in [0.29, 0.717) is 0 Å². The lowest BCUT2D eigenvalue weighted by molar-refractivity contribution is 0.519. The number of thiophene rings is 2.